The Morgan fingerprint density at radius 2 is 2.29 bits per heavy atom. The van der Waals surface area contributed by atoms with E-state index in [-0.39, 0.29) is 0 Å². The molecule has 0 aliphatic heterocycles. The van der Waals surface area contributed by atoms with Crippen molar-refractivity contribution in [3.63, 3.8) is 0 Å². The fraction of sp³-hybridized carbons (Fsp3) is 0.727. The van der Waals surface area contributed by atoms with E-state index in [1.54, 1.807) is 0 Å². The quantitative estimate of drug-likeness (QED) is 0.782. The number of nitrogens with one attached hydrogen (secondary N) is 1. The molecule has 1 N–H and O–H groups in total. The van der Waals surface area contributed by atoms with Crippen LogP contribution >= 0.6 is 0 Å². The average molecular weight is 195 g/mol. The summed E-state index contributed by atoms with van der Waals surface area (Å²) in [6, 6.07) is 0. The molecule has 0 aliphatic carbocycles. The van der Waals surface area contributed by atoms with E-state index in [4.69, 9.17) is 0 Å². The van der Waals surface area contributed by atoms with Gasteiger partial charge in [0.05, 0.1) is 17.6 Å². The summed E-state index contributed by atoms with van der Waals surface area (Å²) in [7, 11) is 1.97. The summed E-state index contributed by atoms with van der Waals surface area (Å²) in [4.78, 5) is 0. The highest BCUT2D eigenvalue weighted by atomic mass is 15.3. The van der Waals surface area contributed by atoms with Gasteiger partial charge in [-0.25, -0.2) is 0 Å². The van der Waals surface area contributed by atoms with Gasteiger partial charge in [-0.1, -0.05) is 20.3 Å². The molecule has 0 saturated heterocycles. The minimum Gasteiger partial charge on any atom is -0.382 e. The molecule has 80 valence electrons. The molecule has 3 nitrogen and oxygen atoms in total. The van der Waals surface area contributed by atoms with Gasteiger partial charge in [0.1, 0.15) is 0 Å². The third-order valence-corrected chi connectivity index (χ3v) is 2.66. The van der Waals surface area contributed by atoms with Gasteiger partial charge < -0.3 is 5.32 Å². The van der Waals surface area contributed by atoms with Crippen LogP contribution in [0.15, 0.2) is 6.20 Å². The maximum atomic E-state index is 4.19. The number of nitrogens with zero attached hydrogens (tertiary/aromatic N) is 2. The summed E-state index contributed by atoms with van der Waals surface area (Å²) in [6.45, 7) is 7.63. The number of aryl methyl sites for hydroxylation is 1. The highest BCUT2D eigenvalue weighted by molar-refractivity contribution is 5.45. The van der Waals surface area contributed by atoms with Gasteiger partial charge in [-0.15, -0.1) is 0 Å². The summed E-state index contributed by atoms with van der Waals surface area (Å²) in [6.07, 6.45) is 4.44. The molecule has 0 bridgehead atoms. The van der Waals surface area contributed by atoms with Crippen molar-refractivity contribution in [3.8, 4) is 0 Å². The zero-order valence-corrected chi connectivity index (χ0v) is 9.67. The molecule has 1 aromatic heterocycles. The minimum atomic E-state index is 0.736. The first kappa shape index (κ1) is 11.1. The second-order valence-electron chi connectivity index (χ2n) is 4.04. The lowest BCUT2D eigenvalue weighted by Gasteiger charge is -2.11. The van der Waals surface area contributed by atoms with E-state index in [9.17, 15) is 0 Å². The molecular weight excluding hydrogens is 174 g/mol. The Morgan fingerprint density at radius 3 is 2.79 bits per heavy atom. The summed E-state index contributed by atoms with van der Waals surface area (Å²) in [5.41, 5.74) is 2.36. The van der Waals surface area contributed by atoms with Gasteiger partial charge in [0.25, 0.3) is 0 Å². The SMILES string of the molecule is CCCC(C)CNc1cnn(C)c1C. The summed E-state index contributed by atoms with van der Waals surface area (Å²) in [5.74, 6) is 0.736. The fourth-order valence-corrected chi connectivity index (χ4v) is 1.55. The largest absolute Gasteiger partial charge is 0.382 e. The zero-order valence-electron chi connectivity index (χ0n) is 9.67. The molecule has 1 atom stereocenters. The highest BCUT2D eigenvalue weighted by Gasteiger charge is 2.04. The zero-order chi connectivity index (χ0) is 10.6. The lowest BCUT2D eigenvalue weighted by Crippen LogP contribution is -2.11. The minimum absolute atomic E-state index is 0.736. The molecule has 0 aliphatic rings. The molecule has 1 unspecified atom stereocenters. The van der Waals surface area contributed by atoms with Crippen LogP contribution in [0.25, 0.3) is 0 Å². The standard InChI is InChI=1S/C11H21N3/c1-5-6-9(2)7-12-11-8-13-14(4)10(11)3/h8-9,12H,5-7H2,1-4H3. The Morgan fingerprint density at radius 1 is 1.57 bits per heavy atom. The number of anilines is 1. The topological polar surface area (TPSA) is 29.9 Å². The van der Waals surface area contributed by atoms with Gasteiger partial charge >= 0.3 is 0 Å². The van der Waals surface area contributed by atoms with E-state index in [1.165, 1.54) is 18.5 Å². The molecule has 0 aromatic carbocycles. The lowest BCUT2D eigenvalue weighted by atomic mass is 10.1. The van der Waals surface area contributed by atoms with Crippen molar-refractivity contribution in [3.05, 3.63) is 11.9 Å². The lowest BCUT2D eigenvalue weighted by molar-refractivity contribution is 0.550. The molecule has 0 saturated carbocycles. The van der Waals surface area contributed by atoms with Crippen LogP contribution in [0.2, 0.25) is 0 Å². The Hall–Kier alpha value is -0.990. The fourth-order valence-electron chi connectivity index (χ4n) is 1.55. The van der Waals surface area contributed by atoms with Gasteiger partial charge in [0.2, 0.25) is 0 Å². The van der Waals surface area contributed by atoms with E-state index >= 15 is 0 Å². The average Bonchev–Trinajstić information content (AvgIpc) is 2.46. The van der Waals surface area contributed by atoms with Gasteiger partial charge in [-0.2, -0.15) is 5.10 Å². The first-order chi connectivity index (χ1) is 6.65. The van der Waals surface area contributed by atoms with Crippen molar-refractivity contribution >= 4 is 5.69 Å². The third kappa shape index (κ3) is 2.76. The summed E-state index contributed by atoms with van der Waals surface area (Å²) < 4.78 is 1.90. The third-order valence-electron chi connectivity index (χ3n) is 2.66. The molecule has 0 radical (unpaired) electrons. The smallest absolute Gasteiger partial charge is 0.0756 e. The van der Waals surface area contributed by atoms with Crippen LogP contribution in [-0.2, 0) is 7.05 Å². The monoisotopic (exact) mass is 195 g/mol. The van der Waals surface area contributed by atoms with Crippen LogP contribution in [0, 0.1) is 12.8 Å². The number of hydrogen-bond acceptors (Lipinski definition) is 2. The van der Waals surface area contributed by atoms with Gasteiger partial charge in [-0.3, -0.25) is 4.68 Å². The van der Waals surface area contributed by atoms with Crippen LogP contribution in [0.3, 0.4) is 0 Å². The van der Waals surface area contributed by atoms with Crippen LogP contribution < -0.4 is 5.32 Å². The van der Waals surface area contributed by atoms with Crippen LogP contribution in [0.1, 0.15) is 32.4 Å². The molecule has 1 heterocycles. The maximum absolute atomic E-state index is 4.19. The molecule has 14 heavy (non-hydrogen) atoms. The first-order valence-electron chi connectivity index (χ1n) is 5.37. The summed E-state index contributed by atoms with van der Waals surface area (Å²) in [5, 5.41) is 7.63. The number of rotatable bonds is 5. The summed E-state index contributed by atoms with van der Waals surface area (Å²) >= 11 is 0. The Labute approximate surface area is 86.5 Å². The van der Waals surface area contributed by atoms with Crippen molar-refractivity contribution in [2.75, 3.05) is 11.9 Å². The number of hydrogen-bond donors (Lipinski definition) is 1. The van der Waals surface area contributed by atoms with Crippen LogP contribution in [0.5, 0.6) is 0 Å². The van der Waals surface area contributed by atoms with Gasteiger partial charge in [0.15, 0.2) is 0 Å². The molecule has 0 spiro atoms. The first-order valence-corrected chi connectivity index (χ1v) is 5.37. The van der Waals surface area contributed by atoms with Gasteiger partial charge in [-0.05, 0) is 19.3 Å². The molecule has 0 fully saturated rings. The Bertz CT molecular complexity index is 278. The van der Waals surface area contributed by atoms with Crippen molar-refractivity contribution in [2.45, 2.75) is 33.6 Å². The van der Waals surface area contributed by atoms with Crippen molar-refractivity contribution in [1.82, 2.24) is 9.78 Å². The molecule has 0 amide bonds. The van der Waals surface area contributed by atoms with E-state index < -0.39 is 0 Å². The molecule has 1 rings (SSSR count). The molecule has 1 aromatic rings. The highest BCUT2D eigenvalue weighted by Crippen LogP contribution is 2.13. The van der Waals surface area contributed by atoms with E-state index in [0.717, 1.165) is 18.2 Å². The predicted molar refractivity (Wildman–Crippen MR) is 60.5 cm³/mol. The molecular formula is C11H21N3. The molecule has 3 heteroatoms. The van der Waals surface area contributed by atoms with Crippen molar-refractivity contribution in [2.24, 2.45) is 13.0 Å². The number of aromatic nitrogens is 2. The van der Waals surface area contributed by atoms with E-state index in [2.05, 4.69) is 31.2 Å². The van der Waals surface area contributed by atoms with E-state index in [0.29, 0.717) is 0 Å². The van der Waals surface area contributed by atoms with Crippen LogP contribution in [0.4, 0.5) is 5.69 Å². The van der Waals surface area contributed by atoms with Crippen molar-refractivity contribution in [1.29, 1.82) is 0 Å². The Balaban J connectivity index is 2.41. The normalized spacial score (nSPS) is 12.9. The Kier molecular flexibility index (Phi) is 3.98. The van der Waals surface area contributed by atoms with E-state index in [1.807, 2.05) is 17.9 Å². The second kappa shape index (κ2) is 5.03. The van der Waals surface area contributed by atoms with Gasteiger partial charge in [0, 0.05) is 13.6 Å². The predicted octanol–water partition coefficient (Wildman–Crippen LogP) is 2.58. The van der Waals surface area contributed by atoms with Crippen LogP contribution in [-0.4, -0.2) is 16.3 Å². The van der Waals surface area contributed by atoms with Crippen molar-refractivity contribution < 1.29 is 0 Å². The second-order valence-corrected chi connectivity index (χ2v) is 4.04. The maximum Gasteiger partial charge on any atom is 0.0756 e.